The molecule has 7 nitrogen and oxygen atoms in total. The van der Waals surface area contributed by atoms with E-state index in [0.717, 1.165) is 16.0 Å². The maximum Gasteiger partial charge on any atom is 0.307 e. The Morgan fingerprint density at radius 1 is 1.17 bits per heavy atom. The third-order valence-corrected chi connectivity index (χ3v) is 6.69. The van der Waals surface area contributed by atoms with E-state index in [2.05, 4.69) is 0 Å². The number of halogens is 1. The molecule has 2 atom stereocenters. The van der Waals surface area contributed by atoms with Crippen molar-refractivity contribution in [3.05, 3.63) is 64.2 Å². The summed E-state index contributed by atoms with van der Waals surface area (Å²) in [5.74, 6) is -1.86. The molecule has 0 radical (unpaired) electrons. The van der Waals surface area contributed by atoms with Crippen molar-refractivity contribution in [3.8, 4) is 5.75 Å². The van der Waals surface area contributed by atoms with Gasteiger partial charge in [-0.1, -0.05) is 42.8 Å². The van der Waals surface area contributed by atoms with Crippen molar-refractivity contribution < 1.29 is 29.0 Å². The van der Waals surface area contributed by atoms with Gasteiger partial charge in [-0.3, -0.25) is 24.1 Å². The first-order valence-corrected chi connectivity index (χ1v) is 12.1. The summed E-state index contributed by atoms with van der Waals surface area (Å²) in [6.45, 7) is 1.74. The predicted octanol–water partition coefficient (Wildman–Crippen LogP) is 4.44. The van der Waals surface area contributed by atoms with Gasteiger partial charge in [-0.2, -0.15) is 0 Å². The maximum absolute atomic E-state index is 13.4. The number of carbonyl (C=O) groups is 4. The molecule has 2 amide bonds. The van der Waals surface area contributed by atoms with E-state index in [9.17, 15) is 19.2 Å². The number of rotatable bonds is 9. The number of methoxy groups -OCH3 is 1. The number of likely N-dealkylation sites (tertiary alicyclic amines) is 1. The van der Waals surface area contributed by atoms with Crippen molar-refractivity contribution in [2.75, 3.05) is 13.7 Å². The minimum atomic E-state index is -0.908. The predicted molar refractivity (Wildman–Crippen MR) is 132 cm³/mol. The van der Waals surface area contributed by atoms with Crippen molar-refractivity contribution in [3.63, 3.8) is 0 Å². The number of benzene rings is 2. The molecule has 0 bridgehead atoms. The lowest BCUT2D eigenvalue weighted by atomic mass is 9.91. The van der Waals surface area contributed by atoms with Crippen molar-refractivity contribution in [1.82, 2.24) is 4.90 Å². The normalized spacial score (nSPS) is 17.1. The zero-order valence-electron chi connectivity index (χ0n) is 20.0. The SMILES string of the molecule is CC[C@H](CC(=O)N1CC(=O)CC[C@@H](Cc2cc(Cl)ccc2OC)C1=O)c1ccc(CC(=O)O)cc1. The van der Waals surface area contributed by atoms with Crippen molar-refractivity contribution in [1.29, 1.82) is 0 Å². The number of imide groups is 1. The lowest BCUT2D eigenvalue weighted by Gasteiger charge is -2.25. The topological polar surface area (TPSA) is 101 Å². The van der Waals surface area contributed by atoms with Gasteiger partial charge in [0.25, 0.3) is 0 Å². The number of nitrogens with zero attached hydrogens (tertiary/aromatic N) is 1. The largest absolute Gasteiger partial charge is 0.496 e. The van der Waals surface area contributed by atoms with Crippen LogP contribution in [0.25, 0.3) is 0 Å². The molecule has 2 aromatic carbocycles. The first kappa shape index (κ1) is 26.4. The Balaban J connectivity index is 1.76. The van der Waals surface area contributed by atoms with Crippen LogP contribution in [-0.2, 0) is 32.0 Å². The van der Waals surface area contributed by atoms with Gasteiger partial charge in [0.05, 0.1) is 20.1 Å². The number of ketones is 1. The van der Waals surface area contributed by atoms with Crippen LogP contribution >= 0.6 is 11.6 Å². The molecular weight excluding hydrogens is 470 g/mol. The molecule has 0 aromatic heterocycles. The minimum absolute atomic E-state index is 0.0702. The molecule has 186 valence electrons. The molecule has 1 fully saturated rings. The van der Waals surface area contributed by atoms with E-state index in [-0.39, 0.29) is 49.3 Å². The van der Waals surface area contributed by atoms with Crippen LogP contribution in [0.1, 0.15) is 55.2 Å². The van der Waals surface area contributed by atoms with Crippen LogP contribution in [0.3, 0.4) is 0 Å². The fourth-order valence-corrected chi connectivity index (χ4v) is 4.68. The molecule has 0 aliphatic carbocycles. The van der Waals surface area contributed by atoms with E-state index in [1.54, 1.807) is 37.4 Å². The monoisotopic (exact) mass is 499 g/mol. The van der Waals surface area contributed by atoms with E-state index in [1.807, 2.05) is 19.1 Å². The number of carboxylic acid groups (broad SMARTS) is 1. The molecule has 0 saturated carbocycles. The molecular formula is C27H30ClNO6. The number of amides is 2. The van der Waals surface area contributed by atoms with Gasteiger partial charge in [-0.05, 0) is 60.1 Å². The van der Waals surface area contributed by atoms with Crippen LogP contribution in [0.5, 0.6) is 5.75 Å². The van der Waals surface area contributed by atoms with Gasteiger partial charge in [0.15, 0.2) is 5.78 Å². The second kappa shape index (κ2) is 12.0. The molecule has 1 aliphatic rings. The number of hydrogen-bond donors (Lipinski definition) is 1. The van der Waals surface area contributed by atoms with Crippen LogP contribution in [0, 0.1) is 5.92 Å². The van der Waals surface area contributed by atoms with E-state index in [1.165, 1.54) is 0 Å². The smallest absolute Gasteiger partial charge is 0.307 e. The number of Topliss-reactive ketones (excluding diaryl/α,β-unsaturated/α-hetero) is 1. The number of carboxylic acids is 1. The lowest BCUT2D eigenvalue weighted by molar-refractivity contribution is -0.148. The standard InChI is InChI=1S/C27H30ClNO6/c1-3-18(19-6-4-17(5-7-19)12-26(32)33)15-25(31)29-16-23(30)10-8-20(27(29)34)13-21-14-22(28)9-11-24(21)35-2/h4-7,9,11,14,18,20H,3,8,10,12-13,15-16H2,1-2H3,(H,32,33)/t18-,20+/m1/s1. The summed E-state index contributed by atoms with van der Waals surface area (Å²) < 4.78 is 5.40. The van der Waals surface area contributed by atoms with Crippen LogP contribution in [0.2, 0.25) is 5.02 Å². The number of aliphatic carboxylic acids is 1. The van der Waals surface area contributed by atoms with Gasteiger partial charge < -0.3 is 9.84 Å². The molecule has 35 heavy (non-hydrogen) atoms. The summed E-state index contributed by atoms with van der Waals surface area (Å²) in [6.07, 6.45) is 1.58. The fourth-order valence-electron chi connectivity index (χ4n) is 4.49. The van der Waals surface area contributed by atoms with Gasteiger partial charge >= 0.3 is 5.97 Å². The van der Waals surface area contributed by atoms with Crippen molar-refractivity contribution in [2.24, 2.45) is 5.92 Å². The molecule has 1 saturated heterocycles. The highest BCUT2D eigenvalue weighted by atomic mass is 35.5. The highest BCUT2D eigenvalue weighted by molar-refractivity contribution is 6.30. The van der Waals surface area contributed by atoms with Crippen LogP contribution in [0.4, 0.5) is 0 Å². The summed E-state index contributed by atoms with van der Waals surface area (Å²) >= 11 is 6.14. The number of carbonyl (C=O) groups excluding carboxylic acids is 3. The molecule has 1 aliphatic heterocycles. The molecule has 2 aromatic rings. The Kier molecular flexibility index (Phi) is 9.04. The summed E-state index contributed by atoms with van der Waals surface area (Å²) in [5.41, 5.74) is 2.33. The Morgan fingerprint density at radius 3 is 2.51 bits per heavy atom. The van der Waals surface area contributed by atoms with Gasteiger partial charge in [0, 0.05) is 23.8 Å². The average molecular weight is 500 g/mol. The Hall–Kier alpha value is -3.19. The quantitative estimate of drug-likeness (QED) is 0.547. The fraction of sp³-hybridized carbons (Fsp3) is 0.407. The van der Waals surface area contributed by atoms with Crippen LogP contribution in [-0.4, -0.2) is 47.2 Å². The molecule has 0 spiro atoms. The summed E-state index contributed by atoms with van der Waals surface area (Å²) in [4.78, 5) is 51.1. The lowest BCUT2D eigenvalue weighted by Crippen LogP contribution is -2.42. The highest BCUT2D eigenvalue weighted by Gasteiger charge is 2.35. The summed E-state index contributed by atoms with van der Waals surface area (Å²) in [7, 11) is 1.54. The van der Waals surface area contributed by atoms with E-state index >= 15 is 0 Å². The zero-order valence-corrected chi connectivity index (χ0v) is 20.7. The molecule has 1 N–H and O–H groups in total. The van der Waals surface area contributed by atoms with Gasteiger partial charge in [-0.25, -0.2) is 0 Å². The number of ether oxygens (including phenoxy) is 1. The Morgan fingerprint density at radius 2 is 1.89 bits per heavy atom. The molecule has 0 unspecified atom stereocenters. The number of hydrogen-bond acceptors (Lipinski definition) is 5. The summed E-state index contributed by atoms with van der Waals surface area (Å²) in [5, 5.41) is 9.48. The van der Waals surface area contributed by atoms with Gasteiger partial charge in [0.2, 0.25) is 11.8 Å². The van der Waals surface area contributed by atoms with Crippen molar-refractivity contribution >= 4 is 35.2 Å². The third-order valence-electron chi connectivity index (χ3n) is 6.45. The Labute approximate surface area is 210 Å². The highest BCUT2D eigenvalue weighted by Crippen LogP contribution is 2.30. The first-order chi connectivity index (χ1) is 16.7. The van der Waals surface area contributed by atoms with Crippen LogP contribution < -0.4 is 4.74 Å². The zero-order chi connectivity index (χ0) is 25.5. The van der Waals surface area contributed by atoms with E-state index in [0.29, 0.717) is 35.6 Å². The average Bonchev–Trinajstić information content (AvgIpc) is 2.96. The molecule has 3 rings (SSSR count). The van der Waals surface area contributed by atoms with E-state index in [4.69, 9.17) is 21.4 Å². The second-order valence-electron chi connectivity index (χ2n) is 8.87. The van der Waals surface area contributed by atoms with Crippen molar-refractivity contribution in [2.45, 2.75) is 51.4 Å². The van der Waals surface area contributed by atoms with Gasteiger partial charge in [0.1, 0.15) is 5.75 Å². The summed E-state index contributed by atoms with van der Waals surface area (Å²) in [6, 6.07) is 12.3. The second-order valence-corrected chi connectivity index (χ2v) is 9.31. The first-order valence-electron chi connectivity index (χ1n) is 11.7. The van der Waals surface area contributed by atoms with E-state index < -0.39 is 11.9 Å². The Bertz CT molecular complexity index is 1100. The third kappa shape index (κ3) is 6.92. The maximum atomic E-state index is 13.4. The molecule has 1 heterocycles. The van der Waals surface area contributed by atoms with Gasteiger partial charge in [-0.15, -0.1) is 0 Å². The minimum Gasteiger partial charge on any atom is -0.496 e. The van der Waals surface area contributed by atoms with Crippen LogP contribution in [0.15, 0.2) is 42.5 Å². The molecule has 8 heteroatoms.